The van der Waals surface area contributed by atoms with Crippen LogP contribution < -0.4 is 11.3 Å². The summed E-state index contributed by atoms with van der Waals surface area (Å²) in [6.07, 6.45) is -4.87. The molecule has 1 saturated heterocycles. The number of nitrogens with two attached hydrogens (primary N) is 1. The normalized spacial score (nSPS) is 28.6. The van der Waals surface area contributed by atoms with Crippen LogP contribution in [0, 0.1) is 0 Å². The molecule has 0 radical (unpaired) electrons. The number of imidazole rings is 1. The van der Waals surface area contributed by atoms with Crippen molar-refractivity contribution in [3.8, 4) is 0 Å². The number of nitrogen functional groups attached to an aromatic ring is 1. The molecule has 1 fully saturated rings. The van der Waals surface area contributed by atoms with Gasteiger partial charge in [0.25, 0.3) is 5.56 Å². The van der Waals surface area contributed by atoms with Crippen LogP contribution in [0.5, 0.6) is 0 Å². The topological polar surface area (TPSA) is 149 Å². The number of aliphatic hydroxyl groups is 3. The summed E-state index contributed by atoms with van der Waals surface area (Å²) in [5, 5.41) is 28.8. The predicted octanol–water partition coefficient (Wildman–Crippen LogP) is -1.40. The molecule has 0 aromatic carbocycles. The first-order valence-electron chi connectivity index (χ1n) is 6.11. The van der Waals surface area contributed by atoms with Gasteiger partial charge in [-0.05, 0) is 11.6 Å². The van der Waals surface area contributed by atoms with Gasteiger partial charge in [-0.15, -0.1) is 0 Å². The van der Waals surface area contributed by atoms with Crippen molar-refractivity contribution in [2.45, 2.75) is 24.5 Å². The number of ether oxygens (including phenoxy) is 1. The number of fused-ring (bicyclic) bond motifs is 1. The molecule has 1 aliphatic rings. The molecule has 0 amide bonds. The summed E-state index contributed by atoms with van der Waals surface area (Å²) in [7, 11) is 0. The molecule has 0 bridgehead atoms. The number of anilines is 1. The van der Waals surface area contributed by atoms with Gasteiger partial charge in [-0.25, -0.2) is 8.58 Å². The van der Waals surface area contributed by atoms with Crippen LogP contribution in [0.1, 0.15) is 6.23 Å². The monoisotopic (exact) mass is 395 g/mol. The van der Waals surface area contributed by atoms with Crippen LogP contribution in [0.2, 0.25) is 5.28 Å². The van der Waals surface area contributed by atoms with Crippen molar-refractivity contribution in [3.05, 3.63) is 15.6 Å². The van der Waals surface area contributed by atoms with Crippen molar-refractivity contribution in [2.75, 3.05) is 12.3 Å². The molecule has 3 heterocycles. The lowest BCUT2D eigenvalue weighted by Gasteiger charge is -2.17. The third-order valence-corrected chi connectivity index (χ3v) is 4.37. The molecular weight excluding hydrogens is 385 g/mol. The van der Waals surface area contributed by atoms with Crippen LogP contribution in [0.15, 0.2) is 4.79 Å². The molecule has 0 spiro atoms. The van der Waals surface area contributed by atoms with Gasteiger partial charge in [0.2, 0.25) is 11.2 Å². The Morgan fingerprint density at radius 2 is 2.05 bits per heavy atom. The number of hydrogen-bond acceptors (Lipinski definition) is 8. The summed E-state index contributed by atoms with van der Waals surface area (Å²) in [6.45, 7) is -0.497. The van der Waals surface area contributed by atoms with E-state index in [0.29, 0.717) is 0 Å². The van der Waals surface area contributed by atoms with Crippen LogP contribution in [-0.2, 0) is 4.74 Å². The van der Waals surface area contributed by atoms with E-state index in [4.69, 9.17) is 27.2 Å². The Morgan fingerprint density at radius 3 is 2.64 bits per heavy atom. The lowest BCUT2D eigenvalue weighted by molar-refractivity contribution is -0.0509. The number of hydrogen-bond donors (Lipinski definition) is 4. The van der Waals surface area contributed by atoms with E-state index in [1.165, 1.54) is 0 Å². The predicted molar refractivity (Wildman–Crippen MR) is 78.5 cm³/mol. The van der Waals surface area contributed by atoms with E-state index in [9.17, 15) is 15.0 Å². The van der Waals surface area contributed by atoms with Gasteiger partial charge in [0, 0.05) is 0 Å². The van der Waals surface area contributed by atoms with Crippen LogP contribution in [0.25, 0.3) is 11.2 Å². The highest BCUT2D eigenvalue weighted by molar-refractivity contribution is 9.08. The van der Waals surface area contributed by atoms with E-state index in [1.807, 2.05) is 0 Å². The van der Waals surface area contributed by atoms with Crippen molar-refractivity contribution in [1.82, 2.24) is 18.1 Å². The number of rotatable bonds is 2. The van der Waals surface area contributed by atoms with Gasteiger partial charge in [-0.2, -0.15) is 4.98 Å². The third kappa shape index (κ3) is 2.13. The molecule has 0 unspecified atom stereocenters. The van der Waals surface area contributed by atoms with Crippen molar-refractivity contribution in [2.24, 2.45) is 0 Å². The number of aliphatic hydroxyl groups excluding tert-OH is 3. The van der Waals surface area contributed by atoms with Gasteiger partial charge in [-0.3, -0.25) is 9.36 Å². The van der Waals surface area contributed by atoms with Crippen LogP contribution in [0.3, 0.4) is 0 Å². The SMILES string of the molecule is Nc1nc2c(nc(Cl)n2[C@@H]2O[C@H](CO)[C@@H](O)[C@H]2O)c(=O)n1Br. The molecule has 5 N–H and O–H groups in total. The first-order valence-corrected chi connectivity index (χ1v) is 7.20. The fourth-order valence-electron chi connectivity index (χ4n) is 2.32. The Labute approximate surface area is 136 Å². The summed E-state index contributed by atoms with van der Waals surface area (Å²) < 4.78 is 7.43. The van der Waals surface area contributed by atoms with E-state index >= 15 is 0 Å². The zero-order chi connectivity index (χ0) is 16.2. The Hall–Kier alpha value is -1.24. The number of aromatic nitrogens is 4. The Bertz CT molecular complexity index is 794. The second kappa shape index (κ2) is 5.44. The summed E-state index contributed by atoms with van der Waals surface area (Å²) in [4.78, 5) is 19.9. The minimum atomic E-state index is -1.39. The molecule has 4 atom stereocenters. The average molecular weight is 397 g/mol. The lowest BCUT2D eigenvalue weighted by Crippen LogP contribution is -2.33. The molecule has 22 heavy (non-hydrogen) atoms. The van der Waals surface area contributed by atoms with Gasteiger partial charge < -0.3 is 25.8 Å². The van der Waals surface area contributed by atoms with Gasteiger partial charge in [0.05, 0.1) is 22.8 Å². The lowest BCUT2D eigenvalue weighted by atomic mass is 10.1. The molecule has 2 aromatic rings. The summed E-state index contributed by atoms with van der Waals surface area (Å²) >= 11 is 8.93. The summed E-state index contributed by atoms with van der Waals surface area (Å²) in [6, 6.07) is 0. The molecule has 2 aromatic heterocycles. The molecule has 12 heteroatoms. The molecule has 120 valence electrons. The quantitative estimate of drug-likeness (QED) is 0.453. The van der Waals surface area contributed by atoms with Crippen molar-refractivity contribution in [3.63, 3.8) is 0 Å². The summed E-state index contributed by atoms with van der Waals surface area (Å²) in [5.41, 5.74) is 4.93. The van der Waals surface area contributed by atoms with Gasteiger partial charge >= 0.3 is 0 Å². The maximum absolute atomic E-state index is 12.1. The van der Waals surface area contributed by atoms with E-state index in [0.717, 1.165) is 8.16 Å². The van der Waals surface area contributed by atoms with E-state index in [-0.39, 0.29) is 22.4 Å². The van der Waals surface area contributed by atoms with E-state index in [2.05, 4.69) is 26.1 Å². The average Bonchev–Trinajstić information content (AvgIpc) is 2.95. The zero-order valence-electron chi connectivity index (χ0n) is 10.8. The second-order valence-corrected chi connectivity index (χ2v) is 5.76. The number of halogens is 2. The van der Waals surface area contributed by atoms with Crippen LogP contribution >= 0.6 is 27.7 Å². The molecule has 0 saturated carbocycles. The standard InChI is InChI=1S/C10H11BrClN5O5/c11-17-7(21)3-6(15-10(17)13)16(9(12)14-3)8-5(20)4(19)2(1-18)22-8/h2,4-5,8,18-20H,1H2,(H2,13,15)/t2-,4-,5-,8-/m1/s1. The van der Waals surface area contributed by atoms with Crippen LogP contribution in [-0.4, -0.2) is 58.4 Å². The van der Waals surface area contributed by atoms with E-state index < -0.39 is 36.7 Å². The smallest absolute Gasteiger partial charge is 0.293 e. The molecule has 3 rings (SSSR count). The minimum absolute atomic E-state index is 0.00182. The number of nitrogens with zero attached hydrogens (tertiary/aromatic N) is 4. The van der Waals surface area contributed by atoms with Gasteiger partial charge in [0.15, 0.2) is 17.4 Å². The van der Waals surface area contributed by atoms with Crippen molar-refractivity contribution in [1.29, 1.82) is 0 Å². The van der Waals surface area contributed by atoms with Crippen LogP contribution in [0.4, 0.5) is 5.95 Å². The van der Waals surface area contributed by atoms with Crippen molar-refractivity contribution < 1.29 is 20.1 Å². The van der Waals surface area contributed by atoms with Crippen molar-refractivity contribution >= 4 is 44.9 Å². The Morgan fingerprint density at radius 1 is 1.36 bits per heavy atom. The fourth-order valence-corrected chi connectivity index (χ4v) is 2.82. The largest absolute Gasteiger partial charge is 0.394 e. The molecular formula is C10H11BrClN5O5. The summed E-state index contributed by atoms with van der Waals surface area (Å²) in [5.74, 6) is -0.151. The third-order valence-electron chi connectivity index (χ3n) is 3.42. The maximum atomic E-state index is 12.1. The fraction of sp³-hybridized carbons (Fsp3) is 0.500. The van der Waals surface area contributed by atoms with E-state index in [1.54, 1.807) is 0 Å². The Kier molecular flexibility index (Phi) is 3.87. The van der Waals surface area contributed by atoms with Gasteiger partial charge in [0.1, 0.15) is 18.3 Å². The first kappa shape index (κ1) is 15.6. The highest BCUT2D eigenvalue weighted by Crippen LogP contribution is 2.33. The highest BCUT2D eigenvalue weighted by Gasteiger charge is 2.45. The first-order chi connectivity index (χ1) is 10.4. The Balaban J connectivity index is 2.20. The molecule has 1 aliphatic heterocycles. The highest BCUT2D eigenvalue weighted by atomic mass is 79.9. The maximum Gasteiger partial charge on any atom is 0.293 e. The minimum Gasteiger partial charge on any atom is -0.394 e. The molecule has 0 aliphatic carbocycles. The zero-order valence-corrected chi connectivity index (χ0v) is 13.1. The second-order valence-electron chi connectivity index (χ2n) is 4.71. The molecule has 10 nitrogen and oxygen atoms in total. The van der Waals surface area contributed by atoms with Gasteiger partial charge in [-0.1, -0.05) is 0 Å².